The standard InChI is InChI=1S/C17H20N2O4S2/c1-3-12-8-9-16(24-12)25(21,22)18-11-10-15-17(20)19(2)13-6-4-5-7-14(13)23-15/h4-9,15,18H,3,10-11H2,1-2H3. The fraction of sp³-hybridized carbons (Fsp3) is 0.353. The maximum Gasteiger partial charge on any atom is 0.267 e. The van der Waals surface area contributed by atoms with Gasteiger partial charge in [0.15, 0.2) is 6.10 Å². The van der Waals surface area contributed by atoms with Crippen LogP contribution in [0.15, 0.2) is 40.6 Å². The van der Waals surface area contributed by atoms with E-state index in [4.69, 9.17) is 4.74 Å². The molecular weight excluding hydrogens is 360 g/mol. The molecule has 1 atom stereocenters. The van der Waals surface area contributed by atoms with Gasteiger partial charge in [0.05, 0.1) is 5.69 Å². The smallest absolute Gasteiger partial charge is 0.267 e. The van der Waals surface area contributed by atoms with E-state index in [9.17, 15) is 13.2 Å². The number of sulfonamides is 1. The molecule has 1 N–H and O–H groups in total. The number of carbonyl (C=O) groups is 1. The van der Waals surface area contributed by atoms with Gasteiger partial charge in [0.1, 0.15) is 9.96 Å². The molecule has 1 aromatic carbocycles. The quantitative estimate of drug-likeness (QED) is 0.835. The summed E-state index contributed by atoms with van der Waals surface area (Å²) >= 11 is 1.26. The van der Waals surface area contributed by atoms with Gasteiger partial charge in [-0.2, -0.15) is 0 Å². The highest BCUT2D eigenvalue weighted by atomic mass is 32.2. The summed E-state index contributed by atoms with van der Waals surface area (Å²) in [6, 6.07) is 10.7. The molecule has 1 unspecified atom stereocenters. The summed E-state index contributed by atoms with van der Waals surface area (Å²) in [5, 5.41) is 0. The van der Waals surface area contributed by atoms with Crippen molar-refractivity contribution in [1.29, 1.82) is 0 Å². The van der Waals surface area contributed by atoms with Crippen LogP contribution in [0.1, 0.15) is 18.2 Å². The van der Waals surface area contributed by atoms with Gasteiger partial charge in [-0.1, -0.05) is 19.1 Å². The summed E-state index contributed by atoms with van der Waals surface area (Å²) in [5.41, 5.74) is 0.718. The molecule has 1 aliphatic heterocycles. The van der Waals surface area contributed by atoms with Gasteiger partial charge in [-0.3, -0.25) is 4.79 Å². The van der Waals surface area contributed by atoms with E-state index in [-0.39, 0.29) is 18.9 Å². The predicted octanol–water partition coefficient (Wildman–Crippen LogP) is 2.40. The average molecular weight is 380 g/mol. The molecule has 0 bridgehead atoms. The van der Waals surface area contributed by atoms with Gasteiger partial charge in [0, 0.05) is 24.9 Å². The molecule has 0 radical (unpaired) electrons. The summed E-state index contributed by atoms with van der Waals surface area (Å²) in [5.74, 6) is 0.450. The number of nitrogens with zero attached hydrogens (tertiary/aromatic N) is 1. The van der Waals surface area contributed by atoms with Crippen molar-refractivity contribution >= 4 is 33.0 Å². The Morgan fingerprint density at radius 1 is 1.24 bits per heavy atom. The van der Waals surface area contributed by atoms with Crippen LogP contribution in [0.5, 0.6) is 5.75 Å². The van der Waals surface area contributed by atoms with Crippen molar-refractivity contribution in [1.82, 2.24) is 4.72 Å². The van der Waals surface area contributed by atoms with E-state index in [1.165, 1.54) is 11.3 Å². The number of anilines is 1. The molecular formula is C17H20N2O4S2. The minimum atomic E-state index is -3.55. The zero-order valence-corrected chi connectivity index (χ0v) is 15.7. The van der Waals surface area contributed by atoms with Gasteiger partial charge in [0.25, 0.3) is 5.91 Å². The average Bonchev–Trinajstić information content (AvgIpc) is 3.09. The summed E-state index contributed by atoms with van der Waals surface area (Å²) in [4.78, 5) is 14.9. The van der Waals surface area contributed by atoms with Gasteiger partial charge < -0.3 is 9.64 Å². The van der Waals surface area contributed by atoms with Crippen molar-refractivity contribution in [3.63, 3.8) is 0 Å². The van der Waals surface area contributed by atoms with Crippen LogP contribution < -0.4 is 14.4 Å². The lowest BCUT2D eigenvalue weighted by molar-refractivity contribution is -0.126. The maximum absolute atomic E-state index is 12.4. The van der Waals surface area contributed by atoms with Gasteiger partial charge >= 0.3 is 0 Å². The maximum atomic E-state index is 12.4. The van der Waals surface area contributed by atoms with Crippen LogP contribution in [0.2, 0.25) is 0 Å². The summed E-state index contributed by atoms with van der Waals surface area (Å²) < 4.78 is 33.2. The number of amides is 1. The predicted molar refractivity (Wildman–Crippen MR) is 97.8 cm³/mol. The molecule has 0 saturated carbocycles. The van der Waals surface area contributed by atoms with Gasteiger partial charge in [-0.15, -0.1) is 11.3 Å². The molecule has 8 heteroatoms. The minimum absolute atomic E-state index is 0.133. The third kappa shape index (κ3) is 3.70. The fourth-order valence-corrected chi connectivity index (χ4v) is 5.03. The third-order valence-electron chi connectivity index (χ3n) is 4.05. The van der Waals surface area contributed by atoms with Crippen molar-refractivity contribution in [2.75, 3.05) is 18.5 Å². The number of hydrogen-bond acceptors (Lipinski definition) is 5. The topological polar surface area (TPSA) is 75.7 Å². The number of rotatable bonds is 6. The zero-order valence-electron chi connectivity index (χ0n) is 14.1. The Kier molecular flexibility index (Phi) is 5.12. The van der Waals surface area contributed by atoms with Crippen LogP contribution in [0.4, 0.5) is 5.69 Å². The van der Waals surface area contributed by atoms with Crippen LogP contribution in [-0.2, 0) is 21.2 Å². The molecule has 0 aliphatic carbocycles. The summed E-state index contributed by atoms with van der Waals surface area (Å²) in [7, 11) is -1.86. The van der Waals surface area contributed by atoms with Crippen LogP contribution in [0, 0.1) is 0 Å². The van der Waals surface area contributed by atoms with Gasteiger partial charge in [0.2, 0.25) is 10.0 Å². The highest BCUT2D eigenvalue weighted by Gasteiger charge is 2.32. The Labute approximate surface area is 151 Å². The van der Waals surface area contributed by atoms with E-state index in [1.807, 2.05) is 31.2 Å². The monoisotopic (exact) mass is 380 g/mol. The fourth-order valence-electron chi connectivity index (χ4n) is 2.64. The molecule has 1 aromatic heterocycles. The number of thiophene rings is 1. The lowest BCUT2D eigenvalue weighted by Crippen LogP contribution is -2.45. The molecule has 2 aromatic rings. The van der Waals surface area contributed by atoms with Crippen LogP contribution >= 0.6 is 11.3 Å². The van der Waals surface area contributed by atoms with Gasteiger partial charge in [-0.25, -0.2) is 13.1 Å². The van der Waals surface area contributed by atoms with Gasteiger partial charge in [-0.05, 0) is 30.7 Å². The van der Waals surface area contributed by atoms with Crippen LogP contribution in [0.25, 0.3) is 0 Å². The van der Waals surface area contributed by atoms with E-state index >= 15 is 0 Å². The van der Waals surface area contributed by atoms with Crippen molar-refractivity contribution < 1.29 is 17.9 Å². The SMILES string of the molecule is CCc1ccc(S(=O)(=O)NCCC2Oc3ccccc3N(C)C2=O)s1. The molecule has 134 valence electrons. The van der Waals surface area contributed by atoms with E-state index in [0.29, 0.717) is 9.96 Å². The minimum Gasteiger partial charge on any atom is -0.478 e. The lowest BCUT2D eigenvalue weighted by atomic mass is 10.1. The second-order valence-corrected chi connectivity index (χ2v) is 8.89. The normalized spacial score (nSPS) is 17.3. The highest BCUT2D eigenvalue weighted by Crippen LogP contribution is 2.33. The second-order valence-electron chi connectivity index (χ2n) is 5.73. The number of para-hydroxylation sites is 2. The van der Waals surface area contributed by atoms with Crippen LogP contribution in [0.3, 0.4) is 0 Å². The van der Waals surface area contributed by atoms with Crippen molar-refractivity contribution in [3.05, 3.63) is 41.3 Å². The first-order chi connectivity index (χ1) is 11.9. The molecule has 0 saturated heterocycles. The molecule has 25 heavy (non-hydrogen) atoms. The number of benzene rings is 1. The number of aryl methyl sites for hydroxylation is 1. The van der Waals surface area contributed by atoms with E-state index in [0.717, 1.165) is 17.0 Å². The molecule has 0 spiro atoms. The summed E-state index contributed by atoms with van der Waals surface area (Å²) in [6.45, 7) is 2.12. The Morgan fingerprint density at radius 3 is 2.72 bits per heavy atom. The highest BCUT2D eigenvalue weighted by molar-refractivity contribution is 7.91. The number of nitrogens with one attached hydrogen (secondary N) is 1. The molecule has 0 fully saturated rings. The van der Waals surface area contributed by atoms with E-state index in [2.05, 4.69) is 4.72 Å². The zero-order chi connectivity index (χ0) is 18.0. The number of fused-ring (bicyclic) bond motifs is 1. The first-order valence-corrected chi connectivity index (χ1v) is 10.3. The Bertz CT molecular complexity index is 876. The Hall–Kier alpha value is -1.90. The van der Waals surface area contributed by atoms with Crippen LogP contribution in [-0.4, -0.2) is 34.0 Å². The third-order valence-corrected chi connectivity index (χ3v) is 7.23. The van der Waals surface area contributed by atoms with Crippen molar-refractivity contribution in [3.8, 4) is 5.75 Å². The summed E-state index contributed by atoms with van der Waals surface area (Å²) in [6.07, 6.45) is 0.371. The first-order valence-electron chi connectivity index (χ1n) is 8.04. The molecule has 6 nitrogen and oxygen atoms in total. The van der Waals surface area contributed by atoms with E-state index in [1.54, 1.807) is 24.1 Å². The Balaban J connectivity index is 1.63. The molecule has 1 aliphatic rings. The number of ether oxygens (including phenoxy) is 1. The van der Waals surface area contributed by atoms with Crippen molar-refractivity contribution in [2.24, 2.45) is 0 Å². The number of likely N-dealkylation sites (N-methyl/N-ethyl adjacent to an activating group) is 1. The Morgan fingerprint density at radius 2 is 2.00 bits per heavy atom. The second kappa shape index (κ2) is 7.15. The molecule has 3 rings (SSSR count). The largest absolute Gasteiger partial charge is 0.478 e. The van der Waals surface area contributed by atoms with E-state index < -0.39 is 16.1 Å². The molecule has 1 amide bonds. The molecule has 2 heterocycles. The number of hydrogen-bond donors (Lipinski definition) is 1. The lowest BCUT2D eigenvalue weighted by Gasteiger charge is -2.31. The van der Waals surface area contributed by atoms with Crippen molar-refractivity contribution in [2.45, 2.75) is 30.1 Å². The number of carbonyl (C=O) groups excluding carboxylic acids is 1. The first kappa shape index (κ1) is 17.9.